The fourth-order valence-corrected chi connectivity index (χ4v) is 2.75. The minimum absolute atomic E-state index is 0.229. The molecule has 2 N–H and O–H groups in total. The van der Waals surface area contributed by atoms with Crippen LogP contribution in [0.5, 0.6) is 0 Å². The zero-order valence-corrected chi connectivity index (χ0v) is 11.9. The average molecular weight is 320 g/mol. The summed E-state index contributed by atoms with van der Waals surface area (Å²) in [6, 6.07) is 6.21. The average Bonchev–Trinajstić information content (AvgIpc) is 2.91. The summed E-state index contributed by atoms with van der Waals surface area (Å²) in [6.07, 6.45) is 5.60. The predicted molar refractivity (Wildman–Crippen MR) is 77.7 cm³/mol. The molecule has 1 saturated heterocycles. The lowest BCUT2D eigenvalue weighted by atomic mass is 10.1. The van der Waals surface area contributed by atoms with E-state index in [1.54, 1.807) is 6.20 Å². The summed E-state index contributed by atoms with van der Waals surface area (Å²) in [7, 11) is 0. The minimum atomic E-state index is 0.229. The van der Waals surface area contributed by atoms with E-state index in [-0.39, 0.29) is 6.04 Å². The summed E-state index contributed by atoms with van der Waals surface area (Å²) < 4.78 is 0.698. The number of hydrogen-bond donors (Lipinski definition) is 1. The van der Waals surface area contributed by atoms with Crippen molar-refractivity contribution in [1.82, 2.24) is 15.0 Å². The van der Waals surface area contributed by atoms with Crippen molar-refractivity contribution in [2.24, 2.45) is 0 Å². The van der Waals surface area contributed by atoms with Crippen molar-refractivity contribution in [3.63, 3.8) is 0 Å². The van der Waals surface area contributed by atoms with Crippen LogP contribution in [-0.2, 0) is 0 Å². The topological polar surface area (TPSA) is 67.9 Å². The molecule has 0 spiro atoms. The molecule has 2 aromatic heterocycles. The number of anilines is 2. The highest BCUT2D eigenvalue weighted by molar-refractivity contribution is 9.10. The highest BCUT2D eigenvalue weighted by Gasteiger charge is 2.29. The number of pyridine rings is 1. The van der Waals surface area contributed by atoms with Gasteiger partial charge >= 0.3 is 0 Å². The fourth-order valence-electron chi connectivity index (χ4n) is 2.48. The summed E-state index contributed by atoms with van der Waals surface area (Å²) in [5.41, 5.74) is 7.01. The van der Waals surface area contributed by atoms with Gasteiger partial charge in [-0.3, -0.25) is 4.98 Å². The zero-order valence-electron chi connectivity index (χ0n) is 10.3. The van der Waals surface area contributed by atoms with Gasteiger partial charge in [-0.25, -0.2) is 9.97 Å². The van der Waals surface area contributed by atoms with Crippen molar-refractivity contribution < 1.29 is 0 Å². The molecule has 0 saturated carbocycles. The molecule has 2 aromatic rings. The van der Waals surface area contributed by atoms with Gasteiger partial charge in [0.15, 0.2) is 11.6 Å². The van der Waals surface area contributed by atoms with E-state index >= 15 is 0 Å². The summed E-state index contributed by atoms with van der Waals surface area (Å²) in [5.74, 6) is 1.20. The number of nitrogens with two attached hydrogens (primary N) is 1. The molecule has 19 heavy (non-hydrogen) atoms. The first-order valence-corrected chi connectivity index (χ1v) is 7.00. The Morgan fingerprint density at radius 3 is 3.00 bits per heavy atom. The molecule has 1 fully saturated rings. The first-order valence-electron chi connectivity index (χ1n) is 6.21. The number of halogens is 1. The van der Waals surface area contributed by atoms with Gasteiger partial charge in [0, 0.05) is 12.7 Å². The van der Waals surface area contributed by atoms with E-state index in [0.29, 0.717) is 10.4 Å². The van der Waals surface area contributed by atoms with Crippen LogP contribution < -0.4 is 10.6 Å². The third-order valence-corrected chi connectivity index (χ3v) is 3.69. The van der Waals surface area contributed by atoms with Crippen LogP contribution in [0.1, 0.15) is 24.6 Å². The lowest BCUT2D eigenvalue weighted by molar-refractivity contribution is 0.687. The van der Waals surface area contributed by atoms with Crippen molar-refractivity contribution >= 4 is 27.6 Å². The lowest BCUT2D eigenvalue weighted by Gasteiger charge is -2.25. The SMILES string of the molecule is Nc1ncc(Br)nc1N1CCCC1c1ccccn1. The highest BCUT2D eigenvalue weighted by Crippen LogP contribution is 2.36. The Labute approximate surface area is 120 Å². The number of rotatable bonds is 2. The van der Waals surface area contributed by atoms with E-state index in [0.717, 1.165) is 30.9 Å². The first kappa shape index (κ1) is 12.3. The van der Waals surface area contributed by atoms with Gasteiger partial charge in [0.2, 0.25) is 0 Å². The first-order chi connectivity index (χ1) is 9.25. The van der Waals surface area contributed by atoms with E-state index in [1.807, 2.05) is 24.4 Å². The molecule has 5 nitrogen and oxygen atoms in total. The Balaban J connectivity index is 1.97. The van der Waals surface area contributed by atoms with Gasteiger partial charge in [0.25, 0.3) is 0 Å². The molecule has 6 heteroatoms. The number of nitrogens with zero attached hydrogens (tertiary/aromatic N) is 4. The Morgan fingerprint density at radius 2 is 2.21 bits per heavy atom. The maximum atomic E-state index is 5.95. The Morgan fingerprint density at radius 1 is 1.32 bits per heavy atom. The molecule has 3 rings (SSSR count). The standard InChI is InChI=1S/C13H14BrN5/c14-11-8-17-12(15)13(18-11)19-7-3-5-10(19)9-4-1-2-6-16-9/h1-2,4,6,8,10H,3,5,7H2,(H2,15,17). The molecular weight excluding hydrogens is 306 g/mol. The highest BCUT2D eigenvalue weighted by atomic mass is 79.9. The molecule has 0 radical (unpaired) electrons. The molecule has 0 amide bonds. The molecule has 3 heterocycles. The lowest BCUT2D eigenvalue weighted by Crippen LogP contribution is -2.25. The minimum Gasteiger partial charge on any atom is -0.381 e. The van der Waals surface area contributed by atoms with Gasteiger partial charge in [0.1, 0.15) is 4.60 Å². The summed E-state index contributed by atoms with van der Waals surface area (Å²) in [6.45, 7) is 0.927. The van der Waals surface area contributed by atoms with Gasteiger partial charge in [-0.15, -0.1) is 0 Å². The molecule has 0 aromatic carbocycles. The van der Waals surface area contributed by atoms with Crippen molar-refractivity contribution in [3.05, 3.63) is 40.9 Å². The van der Waals surface area contributed by atoms with Crippen molar-refractivity contribution in [1.29, 1.82) is 0 Å². The molecule has 1 unspecified atom stereocenters. The Hall–Kier alpha value is -1.69. The smallest absolute Gasteiger partial charge is 0.173 e. The normalized spacial score (nSPS) is 18.8. The third-order valence-electron chi connectivity index (χ3n) is 3.31. The van der Waals surface area contributed by atoms with Crippen LogP contribution in [0.15, 0.2) is 35.2 Å². The van der Waals surface area contributed by atoms with Gasteiger partial charge in [-0.05, 0) is 40.9 Å². The quantitative estimate of drug-likeness (QED) is 0.921. The molecular formula is C13H14BrN5. The second-order valence-electron chi connectivity index (χ2n) is 4.51. The molecule has 1 atom stereocenters. The summed E-state index contributed by atoms with van der Waals surface area (Å²) in [5, 5.41) is 0. The molecule has 0 aliphatic carbocycles. The molecule has 1 aliphatic heterocycles. The third kappa shape index (κ3) is 2.40. The monoisotopic (exact) mass is 319 g/mol. The van der Waals surface area contributed by atoms with Crippen molar-refractivity contribution in [2.45, 2.75) is 18.9 Å². The van der Waals surface area contributed by atoms with Crippen LogP contribution in [0.2, 0.25) is 0 Å². The van der Waals surface area contributed by atoms with Crippen LogP contribution in [0.4, 0.5) is 11.6 Å². The van der Waals surface area contributed by atoms with E-state index < -0.39 is 0 Å². The van der Waals surface area contributed by atoms with Crippen molar-refractivity contribution in [2.75, 3.05) is 17.2 Å². The zero-order chi connectivity index (χ0) is 13.2. The maximum Gasteiger partial charge on any atom is 0.173 e. The van der Waals surface area contributed by atoms with E-state index in [2.05, 4.69) is 35.8 Å². The van der Waals surface area contributed by atoms with Gasteiger partial charge in [0.05, 0.1) is 17.9 Å². The summed E-state index contributed by atoms with van der Waals surface area (Å²) >= 11 is 3.35. The molecule has 0 bridgehead atoms. The van der Waals surface area contributed by atoms with E-state index in [4.69, 9.17) is 5.73 Å². The number of hydrogen-bond acceptors (Lipinski definition) is 5. The second-order valence-corrected chi connectivity index (χ2v) is 5.32. The fraction of sp³-hybridized carbons (Fsp3) is 0.308. The van der Waals surface area contributed by atoms with Crippen LogP contribution in [-0.4, -0.2) is 21.5 Å². The number of aromatic nitrogens is 3. The number of nitrogen functional groups attached to an aromatic ring is 1. The van der Waals surface area contributed by atoms with Gasteiger partial charge in [-0.2, -0.15) is 0 Å². The van der Waals surface area contributed by atoms with Crippen LogP contribution in [0.3, 0.4) is 0 Å². The van der Waals surface area contributed by atoms with Gasteiger partial charge < -0.3 is 10.6 Å². The largest absolute Gasteiger partial charge is 0.381 e. The molecule has 1 aliphatic rings. The second kappa shape index (κ2) is 5.13. The van der Waals surface area contributed by atoms with E-state index in [9.17, 15) is 0 Å². The summed E-state index contributed by atoms with van der Waals surface area (Å²) in [4.78, 5) is 15.3. The Bertz CT molecular complexity index is 575. The van der Waals surface area contributed by atoms with Crippen LogP contribution in [0, 0.1) is 0 Å². The van der Waals surface area contributed by atoms with Crippen LogP contribution >= 0.6 is 15.9 Å². The Kier molecular flexibility index (Phi) is 3.33. The van der Waals surface area contributed by atoms with Gasteiger partial charge in [-0.1, -0.05) is 6.07 Å². The van der Waals surface area contributed by atoms with Crippen molar-refractivity contribution in [3.8, 4) is 0 Å². The maximum absolute atomic E-state index is 5.95. The molecule has 98 valence electrons. The van der Waals surface area contributed by atoms with Crippen LogP contribution in [0.25, 0.3) is 0 Å². The van der Waals surface area contributed by atoms with E-state index in [1.165, 1.54) is 0 Å². The predicted octanol–water partition coefficient (Wildman–Crippen LogP) is 2.56.